The first kappa shape index (κ1) is 15.6. The fourth-order valence-electron chi connectivity index (χ4n) is 2.14. The van der Waals surface area contributed by atoms with Gasteiger partial charge < -0.3 is 9.47 Å². The zero-order valence-corrected chi connectivity index (χ0v) is 13.5. The van der Waals surface area contributed by atoms with E-state index in [1.165, 1.54) is 16.2 Å². The summed E-state index contributed by atoms with van der Waals surface area (Å²) in [6.45, 7) is 7.15. The summed E-state index contributed by atoms with van der Waals surface area (Å²) < 4.78 is 10.7. The van der Waals surface area contributed by atoms with Crippen LogP contribution in [0.2, 0.25) is 0 Å². The molecule has 1 aliphatic heterocycles. The Labute approximate surface area is 128 Å². The minimum Gasteiger partial charge on any atom is -0.477 e. The number of rotatable bonds is 4. The van der Waals surface area contributed by atoms with Crippen molar-refractivity contribution in [3.63, 3.8) is 0 Å². The zero-order valence-electron chi connectivity index (χ0n) is 12.6. The molecule has 5 nitrogen and oxygen atoms in total. The lowest BCUT2D eigenvalue weighted by Crippen LogP contribution is -2.56. The highest BCUT2D eigenvalue weighted by Gasteiger charge is 2.43. The highest BCUT2D eigenvalue weighted by atomic mass is 32.1. The van der Waals surface area contributed by atoms with Gasteiger partial charge in [0.15, 0.2) is 6.73 Å². The lowest BCUT2D eigenvalue weighted by Gasteiger charge is -2.39. The smallest absolute Gasteiger partial charge is 0.331 e. The molecule has 0 bridgehead atoms. The summed E-state index contributed by atoms with van der Waals surface area (Å²) in [4.78, 5) is 26.3. The summed E-state index contributed by atoms with van der Waals surface area (Å²) in [5, 5.41) is 3.79. The number of esters is 1. The largest absolute Gasteiger partial charge is 0.477 e. The van der Waals surface area contributed by atoms with E-state index in [1.807, 2.05) is 16.8 Å². The highest BCUT2D eigenvalue weighted by Crippen LogP contribution is 2.31. The fraction of sp³-hybridized carbons (Fsp3) is 0.467. The number of hydrogen-bond donors (Lipinski definition) is 0. The van der Waals surface area contributed by atoms with Crippen molar-refractivity contribution in [1.82, 2.24) is 4.90 Å². The van der Waals surface area contributed by atoms with Crippen molar-refractivity contribution in [1.29, 1.82) is 0 Å². The van der Waals surface area contributed by atoms with Gasteiger partial charge in [0.25, 0.3) is 5.91 Å². The van der Waals surface area contributed by atoms with Crippen molar-refractivity contribution in [2.24, 2.45) is 0 Å². The predicted molar refractivity (Wildman–Crippen MR) is 80.4 cm³/mol. The Bertz CT molecular complexity index is 575. The Hall–Kier alpha value is -1.82. The van der Waals surface area contributed by atoms with Gasteiger partial charge in [0.05, 0.1) is 12.2 Å². The Morgan fingerprint density at radius 1 is 1.52 bits per heavy atom. The molecule has 1 aromatic rings. The maximum absolute atomic E-state index is 12.8. The van der Waals surface area contributed by atoms with Gasteiger partial charge >= 0.3 is 5.97 Å². The third-order valence-electron chi connectivity index (χ3n) is 3.48. The molecule has 2 rings (SSSR count). The second kappa shape index (κ2) is 5.89. The van der Waals surface area contributed by atoms with Gasteiger partial charge in [0.1, 0.15) is 11.3 Å². The highest BCUT2D eigenvalue weighted by molar-refractivity contribution is 7.08. The van der Waals surface area contributed by atoms with E-state index in [0.717, 1.165) is 5.56 Å². The Kier molecular flexibility index (Phi) is 4.37. The van der Waals surface area contributed by atoms with E-state index in [9.17, 15) is 9.59 Å². The topological polar surface area (TPSA) is 55.8 Å². The third kappa shape index (κ3) is 2.81. The zero-order chi connectivity index (χ0) is 15.6. The van der Waals surface area contributed by atoms with Gasteiger partial charge in [0.2, 0.25) is 0 Å². The third-order valence-corrected chi connectivity index (χ3v) is 4.16. The lowest BCUT2D eigenvalue weighted by molar-refractivity contribution is -0.165. The molecule has 0 aromatic carbocycles. The summed E-state index contributed by atoms with van der Waals surface area (Å²) >= 11 is 1.51. The van der Waals surface area contributed by atoms with Gasteiger partial charge in [-0.25, -0.2) is 4.79 Å². The van der Waals surface area contributed by atoms with Crippen LogP contribution in [0, 0.1) is 0 Å². The van der Waals surface area contributed by atoms with Crippen LogP contribution in [0.4, 0.5) is 0 Å². The fourth-order valence-corrected chi connectivity index (χ4v) is 2.79. The SMILES string of the molecule is CCOC(=O)C(C)(C)N1COC(C)=C(c2ccsc2)C1=O. The molecule has 1 aromatic heterocycles. The summed E-state index contributed by atoms with van der Waals surface area (Å²) in [6, 6.07) is 1.87. The van der Waals surface area contributed by atoms with Crippen LogP contribution in [-0.4, -0.2) is 35.7 Å². The van der Waals surface area contributed by atoms with E-state index in [1.54, 1.807) is 27.7 Å². The minimum absolute atomic E-state index is 0.0458. The van der Waals surface area contributed by atoms with E-state index >= 15 is 0 Å². The summed E-state index contributed by atoms with van der Waals surface area (Å²) in [5.74, 6) is -0.0734. The molecule has 0 atom stereocenters. The molecule has 2 heterocycles. The van der Waals surface area contributed by atoms with Gasteiger partial charge in [-0.1, -0.05) is 0 Å². The van der Waals surface area contributed by atoms with E-state index < -0.39 is 11.5 Å². The molecule has 0 N–H and O–H groups in total. The van der Waals surface area contributed by atoms with Crippen molar-refractivity contribution >= 4 is 28.8 Å². The quantitative estimate of drug-likeness (QED) is 0.802. The molecule has 0 aliphatic carbocycles. The molecule has 114 valence electrons. The summed E-state index contributed by atoms with van der Waals surface area (Å²) in [5.41, 5.74) is 0.237. The number of amides is 1. The Morgan fingerprint density at radius 2 is 2.24 bits per heavy atom. The molecule has 21 heavy (non-hydrogen) atoms. The molecule has 0 saturated heterocycles. The number of carbonyl (C=O) groups is 2. The standard InChI is InChI=1S/C15H19NO4S/c1-5-19-14(18)15(3,4)16-9-20-10(2)12(13(16)17)11-6-7-21-8-11/h6-8H,5,9H2,1-4H3. The molecule has 0 radical (unpaired) electrons. The van der Waals surface area contributed by atoms with Crippen LogP contribution in [0.5, 0.6) is 0 Å². The van der Waals surface area contributed by atoms with Crippen LogP contribution in [0.3, 0.4) is 0 Å². The first-order valence-corrected chi connectivity index (χ1v) is 7.69. The van der Waals surface area contributed by atoms with Crippen LogP contribution in [-0.2, 0) is 19.1 Å². The number of hydrogen-bond acceptors (Lipinski definition) is 5. The van der Waals surface area contributed by atoms with Crippen molar-refractivity contribution in [2.75, 3.05) is 13.3 Å². The molecule has 0 fully saturated rings. The lowest BCUT2D eigenvalue weighted by atomic mass is 9.99. The average Bonchev–Trinajstić information content (AvgIpc) is 2.92. The molecular formula is C15H19NO4S. The van der Waals surface area contributed by atoms with Crippen molar-refractivity contribution in [3.8, 4) is 0 Å². The van der Waals surface area contributed by atoms with Crippen molar-refractivity contribution in [2.45, 2.75) is 33.2 Å². The van der Waals surface area contributed by atoms with Crippen LogP contribution < -0.4 is 0 Å². The van der Waals surface area contributed by atoms with E-state index in [4.69, 9.17) is 9.47 Å². The number of ether oxygens (including phenoxy) is 2. The van der Waals surface area contributed by atoms with Gasteiger partial charge in [-0.15, -0.1) is 0 Å². The number of nitrogens with zero attached hydrogens (tertiary/aromatic N) is 1. The van der Waals surface area contributed by atoms with Crippen LogP contribution >= 0.6 is 11.3 Å². The van der Waals surface area contributed by atoms with E-state index in [2.05, 4.69) is 0 Å². The van der Waals surface area contributed by atoms with Gasteiger partial charge in [-0.05, 0) is 44.5 Å². The average molecular weight is 309 g/mol. The minimum atomic E-state index is -1.07. The van der Waals surface area contributed by atoms with Crippen molar-refractivity contribution < 1.29 is 19.1 Å². The van der Waals surface area contributed by atoms with Crippen LogP contribution in [0.25, 0.3) is 5.57 Å². The van der Waals surface area contributed by atoms with E-state index in [0.29, 0.717) is 11.3 Å². The Balaban J connectivity index is 2.34. The first-order chi connectivity index (χ1) is 9.89. The molecule has 0 saturated carbocycles. The second-order valence-corrected chi connectivity index (χ2v) is 6.01. The van der Waals surface area contributed by atoms with Crippen molar-refractivity contribution in [3.05, 3.63) is 28.1 Å². The maximum Gasteiger partial charge on any atom is 0.331 e. The molecule has 1 amide bonds. The Morgan fingerprint density at radius 3 is 2.81 bits per heavy atom. The normalized spacial score (nSPS) is 16.0. The number of carbonyl (C=O) groups excluding carboxylic acids is 2. The number of allylic oxidation sites excluding steroid dienone is 1. The predicted octanol–water partition coefficient (Wildman–Crippen LogP) is 2.64. The van der Waals surface area contributed by atoms with Gasteiger partial charge in [-0.3, -0.25) is 9.69 Å². The first-order valence-electron chi connectivity index (χ1n) is 6.75. The molecule has 0 unspecified atom stereocenters. The maximum atomic E-state index is 12.8. The van der Waals surface area contributed by atoms with E-state index in [-0.39, 0.29) is 19.2 Å². The number of thiophene rings is 1. The molecule has 0 spiro atoms. The monoisotopic (exact) mass is 309 g/mol. The molecular weight excluding hydrogens is 290 g/mol. The summed E-state index contributed by atoms with van der Waals surface area (Å²) in [6.07, 6.45) is 0. The second-order valence-electron chi connectivity index (χ2n) is 5.23. The van der Waals surface area contributed by atoms with Crippen LogP contribution in [0.1, 0.15) is 33.3 Å². The van der Waals surface area contributed by atoms with Gasteiger partial charge in [0, 0.05) is 5.56 Å². The summed E-state index contributed by atoms with van der Waals surface area (Å²) in [7, 11) is 0. The molecule has 6 heteroatoms. The van der Waals surface area contributed by atoms with Gasteiger partial charge in [-0.2, -0.15) is 11.3 Å². The van der Waals surface area contributed by atoms with Crippen LogP contribution in [0.15, 0.2) is 22.6 Å². The molecule has 1 aliphatic rings.